The Kier molecular flexibility index (Phi) is 3.34. The second kappa shape index (κ2) is 5.14. The van der Waals surface area contributed by atoms with E-state index in [9.17, 15) is 0 Å². The van der Waals surface area contributed by atoms with Crippen LogP contribution in [0.4, 0.5) is 0 Å². The van der Waals surface area contributed by atoms with Crippen molar-refractivity contribution < 1.29 is 0 Å². The molecule has 0 aliphatic heterocycles. The monoisotopic (exact) mass is 311 g/mol. The smallest absolute Gasteiger partial charge is 0.0750 e. The number of pyridine rings is 1. The number of fused-ring (bicyclic) bond motifs is 1. The van der Waals surface area contributed by atoms with Crippen molar-refractivity contribution in [2.75, 3.05) is 0 Å². The molecular formula is C17H14BrN. The second-order valence-electron chi connectivity index (χ2n) is 4.64. The molecule has 94 valence electrons. The lowest BCUT2D eigenvalue weighted by atomic mass is 10.0. The first kappa shape index (κ1) is 12.4. The average Bonchev–Trinajstić information content (AvgIpc) is 2.47. The Balaban J connectivity index is 2.32. The van der Waals surface area contributed by atoms with Crippen molar-refractivity contribution in [2.45, 2.75) is 12.3 Å². The molecule has 0 aliphatic carbocycles. The van der Waals surface area contributed by atoms with Gasteiger partial charge in [-0.2, -0.15) is 0 Å². The molecule has 0 amide bonds. The molecule has 0 spiro atoms. The van der Waals surface area contributed by atoms with Gasteiger partial charge in [0.05, 0.1) is 11.2 Å². The molecule has 0 bridgehead atoms. The standard InChI is InChI=1S/C17H14BrN/c1-12-6-5-9-14-10-15(11-18)17(19-16(12)14)13-7-3-2-4-8-13/h2-10H,11H2,1H3. The number of nitrogens with zero attached hydrogens (tertiary/aromatic N) is 1. The summed E-state index contributed by atoms with van der Waals surface area (Å²) in [6.45, 7) is 2.11. The fourth-order valence-corrected chi connectivity index (χ4v) is 2.77. The van der Waals surface area contributed by atoms with Crippen LogP contribution in [0.3, 0.4) is 0 Å². The number of halogens is 1. The van der Waals surface area contributed by atoms with Crippen LogP contribution in [-0.4, -0.2) is 4.98 Å². The number of rotatable bonds is 2. The highest BCUT2D eigenvalue weighted by molar-refractivity contribution is 9.08. The van der Waals surface area contributed by atoms with Gasteiger partial charge in [0, 0.05) is 16.3 Å². The Bertz CT molecular complexity index is 720. The van der Waals surface area contributed by atoms with Crippen LogP contribution in [0.2, 0.25) is 0 Å². The van der Waals surface area contributed by atoms with Gasteiger partial charge in [-0.1, -0.05) is 64.5 Å². The van der Waals surface area contributed by atoms with Crippen molar-refractivity contribution in [1.29, 1.82) is 0 Å². The van der Waals surface area contributed by atoms with Gasteiger partial charge in [-0.05, 0) is 24.1 Å². The van der Waals surface area contributed by atoms with E-state index in [1.54, 1.807) is 0 Å². The minimum Gasteiger partial charge on any atom is -0.247 e. The third-order valence-corrected chi connectivity index (χ3v) is 3.92. The lowest BCUT2D eigenvalue weighted by molar-refractivity contribution is 1.30. The van der Waals surface area contributed by atoms with Gasteiger partial charge in [-0.3, -0.25) is 0 Å². The van der Waals surface area contributed by atoms with Crippen molar-refractivity contribution in [3.63, 3.8) is 0 Å². The largest absolute Gasteiger partial charge is 0.247 e. The molecule has 3 rings (SSSR count). The first-order chi connectivity index (χ1) is 9.29. The summed E-state index contributed by atoms with van der Waals surface area (Å²) in [5.74, 6) is 0. The third kappa shape index (κ3) is 2.28. The Morgan fingerprint density at radius 3 is 2.53 bits per heavy atom. The summed E-state index contributed by atoms with van der Waals surface area (Å²) in [5.41, 5.74) is 5.77. The summed E-state index contributed by atoms with van der Waals surface area (Å²) in [5, 5.41) is 2.02. The van der Waals surface area contributed by atoms with Crippen molar-refractivity contribution in [2.24, 2.45) is 0 Å². The summed E-state index contributed by atoms with van der Waals surface area (Å²) >= 11 is 3.57. The molecule has 19 heavy (non-hydrogen) atoms. The Hall–Kier alpha value is -1.67. The highest BCUT2D eigenvalue weighted by Gasteiger charge is 2.09. The zero-order chi connectivity index (χ0) is 13.2. The zero-order valence-corrected chi connectivity index (χ0v) is 12.3. The predicted molar refractivity (Wildman–Crippen MR) is 84.5 cm³/mol. The molecule has 2 heteroatoms. The van der Waals surface area contributed by atoms with Gasteiger partial charge < -0.3 is 0 Å². The maximum Gasteiger partial charge on any atom is 0.0750 e. The number of hydrogen-bond donors (Lipinski definition) is 0. The first-order valence-corrected chi connectivity index (χ1v) is 7.42. The number of aryl methyl sites for hydroxylation is 1. The van der Waals surface area contributed by atoms with Crippen molar-refractivity contribution >= 4 is 26.8 Å². The highest BCUT2D eigenvalue weighted by Crippen LogP contribution is 2.28. The quantitative estimate of drug-likeness (QED) is 0.600. The Morgan fingerprint density at radius 1 is 1.00 bits per heavy atom. The maximum atomic E-state index is 4.89. The molecule has 0 atom stereocenters. The molecule has 3 aromatic rings. The molecule has 0 saturated heterocycles. The fraction of sp³-hybridized carbons (Fsp3) is 0.118. The highest BCUT2D eigenvalue weighted by atomic mass is 79.9. The predicted octanol–water partition coefficient (Wildman–Crippen LogP) is 5.11. The van der Waals surface area contributed by atoms with Gasteiger partial charge in [0.25, 0.3) is 0 Å². The summed E-state index contributed by atoms with van der Waals surface area (Å²) in [7, 11) is 0. The summed E-state index contributed by atoms with van der Waals surface area (Å²) < 4.78 is 0. The van der Waals surface area contributed by atoms with Crippen LogP contribution in [0.1, 0.15) is 11.1 Å². The molecule has 0 fully saturated rings. The number of alkyl halides is 1. The minimum absolute atomic E-state index is 0.814. The summed E-state index contributed by atoms with van der Waals surface area (Å²) in [6.07, 6.45) is 0. The topological polar surface area (TPSA) is 12.9 Å². The molecule has 2 aromatic carbocycles. The van der Waals surface area contributed by atoms with Crippen LogP contribution in [0.5, 0.6) is 0 Å². The molecule has 1 aromatic heterocycles. The lowest BCUT2D eigenvalue weighted by Gasteiger charge is -2.10. The van der Waals surface area contributed by atoms with Gasteiger partial charge in [-0.15, -0.1) is 0 Å². The molecule has 0 aliphatic rings. The van der Waals surface area contributed by atoms with Crippen molar-refractivity contribution in [3.05, 3.63) is 65.7 Å². The number of aromatic nitrogens is 1. The number of benzene rings is 2. The van der Waals surface area contributed by atoms with Crippen molar-refractivity contribution in [3.8, 4) is 11.3 Å². The Labute approximate surface area is 121 Å². The number of para-hydroxylation sites is 1. The minimum atomic E-state index is 0.814. The van der Waals surface area contributed by atoms with Crippen LogP contribution >= 0.6 is 15.9 Å². The molecule has 0 saturated carbocycles. The van der Waals surface area contributed by atoms with Crippen LogP contribution < -0.4 is 0 Å². The van der Waals surface area contributed by atoms with E-state index in [0.717, 1.165) is 16.5 Å². The third-order valence-electron chi connectivity index (χ3n) is 3.32. The van der Waals surface area contributed by atoms with Crippen LogP contribution in [0.15, 0.2) is 54.6 Å². The van der Waals surface area contributed by atoms with Crippen LogP contribution in [0.25, 0.3) is 22.2 Å². The van der Waals surface area contributed by atoms with E-state index in [-0.39, 0.29) is 0 Å². The molecule has 0 radical (unpaired) electrons. The zero-order valence-electron chi connectivity index (χ0n) is 10.7. The van der Waals surface area contributed by atoms with Gasteiger partial charge in [0.2, 0.25) is 0 Å². The number of hydrogen-bond acceptors (Lipinski definition) is 1. The van der Waals surface area contributed by atoms with Crippen molar-refractivity contribution in [1.82, 2.24) is 4.98 Å². The molecule has 0 unspecified atom stereocenters. The van der Waals surface area contributed by atoms with Crippen LogP contribution in [0, 0.1) is 6.92 Å². The average molecular weight is 312 g/mol. The van der Waals surface area contributed by atoms with Gasteiger partial charge in [0.1, 0.15) is 0 Å². The van der Waals surface area contributed by atoms with E-state index in [2.05, 4.69) is 71.4 Å². The SMILES string of the molecule is Cc1cccc2cc(CBr)c(-c3ccccc3)nc12. The van der Waals surface area contributed by atoms with Gasteiger partial charge in [0.15, 0.2) is 0 Å². The second-order valence-corrected chi connectivity index (χ2v) is 5.20. The van der Waals surface area contributed by atoms with Crippen LogP contribution in [-0.2, 0) is 5.33 Å². The van der Waals surface area contributed by atoms with Gasteiger partial charge >= 0.3 is 0 Å². The lowest BCUT2D eigenvalue weighted by Crippen LogP contribution is -1.93. The molecule has 1 nitrogen and oxygen atoms in total. The molecule has 0 N–H and O–H groups in total. The van der Waals surface area contributed by atoms with Gasteiger partial charge in [-0.25, -0.2) is 4.98 Å². The molecular weight excluding hydrogens is 298 g/mol. The molecule has 1 heterocycles. The summed E-state index contributed by atoms with van der Waals surface area (Å²) in [4.78, 5) is 4.89. The Morgan fingerprint density at radius 2 is 1.79 bits per heavy atom. The van der Waals surface area contributed by atoms with E-state index >= 15 is 0 Å². The fourth-order valence-electron chi connectivity index (χ4n) is 2.34. The van der Waals surface area contributed by atoms with E-state index in [1.807, 2.05) is 6.07 Å². The maximum absolute atomic E-state index is 4.89. The summed E-state index contributed by atoms with van der Waals surface area (Å²) in [6, 6.07) is 18.9. The van der Waals surface area contributed by atoms with E-state index in [4.69, 9.17) is 4.98 Å². The van der Waals surface area contributed by atoms with E-state index < -0.39 is 0 Å². The van der Waals surface area contributed by atoms with E-state index in [1.165, 1.54) is 22.1 Å². The van der Waals surface area contributed by atoms with E-state index in [0.29, 0.717) is 0 Å². The normalized spacial score (nSPS) is 10.8. The first-order valence-electron chi connectivity index (χ1n) is 6.30.